The monoisotopic (exact) mass is 415 g/mol. The Morgan fingerprint density at radius 2 is 1.68 bits per heavy atom. The van der Waals surface area contributed by atoms with Gasteiger partial charge in [-0.05, 0) is 45.4 Å². The van der Waals surface area contributed by atoms with Crippen molar-refractivity contribution in [2.75, 3.05) is 0 Å². The lowest BCUT2D eigenvalue weighted by atomic mass is 10.1. The molecule has 2 heterocycles. The van der Waals surface area contributed by atoms with Crippen LogP contribution in [0.4, 0.5) is 0 Å². The topological polar surface area (TPSA) is 81.8 Å². The van der Waals surface area contributed by atoms with E-state index in [1.54, 1.807) is 18.5 Å². The highest BCUT2D eigenvalue weighted by molar-refractivity contribution is 5.84. The van der Waals surface area contributed by atoms with Crippen molar-refractivity contribution in [3.63, 3.8) is 0 Å². The van der Waals surface area contributed by atoms with E-state index >= 15 is 0 Å². The second-order valence-electron chi connectivity index (χ2n) is 7.77. The van der Waals surface area contributed by atoms with Crippen LogP contribution in [0.5, 0.6) is 0 Å². The molecule has 0 aliphatic carbocycles. The predicted octanol–water partition coefficient (Wildman–Crippen LogP) is 3.38. The molecule has 4 aromatic rings. The van der Waals surface area contributed by atoms with Crippen molar-refractivity contribution in [2.24, 2.45) is 0 Å². The van der Waals surface area contributed by atoms with Crippen LogP contribution >= 0.6 is 0 Å². The first-order valence-electron chi connectivity index (χ1n) is 10.2. The van der Waals surface area contributed by atoms with E-state index in [1.165, 1.54) is 4.68 Å². The van der Waals surface area contributed by atoms with E-state index in [0.717, 1.165) is 22.5 Å². The highest BCUT2D eigenvalue weighted by Gasteiger charge is 2.23. The molecular weight excluding hydrogens is 390 g/mol. The van der Waals surface area contributed by atoms with E-state index < -0.39 is 6.04 Å². The van der Waals surface area contributed by atoms with E-state index in [-0.39, 0.29) is 11.5 Å². The molecule has 0 unspecified atom stereocenters. The van der Waals surface area contributed by atoms with E-state index in [2.05, 4.69) is 15.5 Å². The lowest BCUT2D eigenvalue weighted by Gasteiger charge is -2.15. The first-order valence-corrected chi connectivity index (χ1v) is 10.2. The van der Waals surface area contributed by atoms with Gasteiger partial charge in [-0.15, -0.1) is 0 Å². The molecule has 1 N–H and O–H groups in total. The van der Waals surface area contributed by atoms with Gasteiger partial charge in [0, 0.05) is 6.54 Å². The number of hydrogen-bond donors (Lipinski definition) is 1. The van der Waals surface area contributed by atoms with Crippen molar-refractivity contribution in [1.82, 2.24) is 24.9 Å². The average molecular weight is 415 g/mol. The third-order valence-corrected chi connectivity index (χ3v) is 5.47. The van der Waals surface area contributed by atoms with Crippen LogP contribution in [-0.4, -0.2) is 25.5 Å². The minimum Gasteiger partial charge on any atom is -0.350 e. The molecule has 158 valence electrons. The summed E-state index contributed by atoms with van der Waals surface area (Å²) in [6.07, 6.45) is 0. The maximum atomic E-state index is 13.3. The fourth-order valence-corrected chi connectivity index (χ4v) is 3.62. The number of fused-ring (bicyclic) bond motifs is 1. The van der Waals surface area contributed by atoms with Crippen molar-refractivity contribution in [1.29, 1.82) is 0 Å². The van der Waals surface area contributed by atoms with Gasteiger partial charge >= 0.3 is 0 Å². The SMILES string of the molecule is Cc1ccc(CNC(=O)[C@@H](C)n2nc(C)c3nn(-c4ccccc4)c(C)c3c2=O)cc1. The molecule has 2 aromatic carbocycles. The Morgan fingerprint density at radius 3 is 2.35 bits per heavy atom. The Kier molecular flexibility index (Phi) is 5.42. The molecular formula is C24H25N5O2. The van der Waals surface area contributed by atoms with Crippen LogP contribution in [0, 0.1) is 20.8 Å². The summed E-state index contributed by atoms with van der Waals surface area (Å²) in [5, 5.41) is 12.4. The summed E-state index contributed by atoms with van der Waals surface area (Å²) in [5.41, 5.74) is 4.58. The minimum absolute atomic E-state index is 0.262. The highest BCUT2D eigenvalue weighted by atomic mass is 16.2. The quantitative estimate of drug-likeness (QED) is 0.542. The van der Waals surface area contributed by atoms with Gasteiger partial charge in [0.15, 0.2) is 0 Å². The molecule has 0 aliphatic rings. The number of nitrogens with zero attached hydrogens (tertiary/aromatic N) is 4. The number of amides is 1. The molecule has 0 saturated carbocycles. The molecule has 7 heteroatoms. The summed E-state index contributed by atoms with van der Waals surface area (Å²) < 4.78 is 3.00. The molecule has 2 aromatic heterocycles. The van der Waals surface area contributed by atoms with E-state index in [4.69, 9.17) is 0 Å². The molecule has 0 radical (unpaired) electrons. The highest BCUT2D eigenvalue weighted by Crippen LogP contribution is 2.20. The van der Waals surface area contributed by atoms with Crippen LogP contribution < -0.4 is 10.9 Å². The number of hydrogen-bond acceptors (Lipinski definition) is 4. The van der Waals surface area contributed by atoms with Crippen LogP contribution in [0.15, 0.2) is 59.4 Å². The third kappa shape index (κ3) is 3.86. The van der Waals surface area contributed by atoms with Crippen LogP contribution in [0.3, 0.4) is 0 Å². The van der Waals surface area contributed by atoms with Gasteiger partial charge in [0.2, 0.25) is 5.91 Å². The normalized spacial score (nSPS) is 12.1. The zero-order chi connectivity index (χ0) is 22.1. The largest absolute Gasteiger partial charge is 0.350 e. The first-order chi connectivity index (χ1) is 14.9. The summed E-state index contributed by atoms with van der Waals surface area (Å²) >= 11 is 0. The number of carbonyl (C=O) groups excluding carboxylic acids is 1. The predicted molar refractivity (Wildman–Crippen MR) is 120 cm³/mol. The zero-order valence-corrected chi connectivity index (χ0v) is 18.1. The maximum absolute atomic E-state index is 13.3. The molecule has 0 saturated heterocycles. The second kappa shape index (κ2) is 8.18. The van der Waals surface area contributed by atoms with Gasteiger partial charge < -0.3 is 5.32 Å². The molecule has 0 spiro atoms. The fourth-order valence-electron chi connectivity index (χ4n) is 3.62. The number of aryl methyl sites for hydroxylation is 3. The smallest absolute Gasteiger partial charge is 0.278 e. The average Bonchev–Trinajstić information content (AvgIpc) is 3.14. The number of carbonyl (C=O) groups is 1. The number of benzene rings is 2. The number of rotatable bonds is 5. The van der Waals surface area contributed by atoms with Crippen molar-refractivity contribution < 1.29 is 4.79 Å². The minimum atomic E-state index is -0.750. The summed E-state index contributed by atoms with van der Waals surface area (Å²) in [7, 11) is 0. The molecule has 0 bridgehead atoms. The zero-order valence-electron chi connectivity index (χ0n) is 18.1. The van der Waals surface area contributed by atoms with Gasteiger partial charge in [0.25, 0.3) is 5.56 Å². The van der Waals surface area contributed by atoms with Gasteiger partial charge in [-0.2, -0.15) is 10.2 Å². The molecule has 7 nitrogen and oxygen atoms in total. The van der Waals surface area contributed by atoms with Crippen LogP contribution in [0.1, 0.15) is 35.5 Å². The summed E-state index contributed by atoms with van der Waals surface area (Å²) in [5.74, 6) is -0.262. The lowest BCUT2D eigenvalue weighted by molar-refractivity contribution is -0.124. The summed E-state index contributed by atoms with van der Waals surface area (Å²) in [4.78, 5) is 26.0. The number of aromatic nitrogens is 4. The summed E-state index contributed by atoms with van der Waals surface area (Å²) in [6.45, 7) is 7.75. The lowest BCUT2D eigenvalue weighted by Crippen LogP contribution is -2.37. The Morgan fingerprint density at radius 1 is 1.00 bits per heavy atom. The molecule has 0 aliphatic heterocycles. The second-order valence-corrected chi connectivity index (χ2v) is 7.77. The van der Waals surface area contributed by atoms with E-state index in [0.29, 0.717) is 23.1 Å². The number of para-hydroxylation sites is 1. The Hall–Kier alpha value is -3.74. The Bertz CT molecular complexity index is 1300. The fraction of sp³-hybridized carbons (Fsp3) is 0.250. The van der Waals surface area contributed by atoms with Gasteiger partial charge in [0.05, 0.1) is 22.5 Å². The standard InChI is InChI=1S/C24H25N5O2/c1-15-10-12-19(13-11-15)14-25-23(30)18(4)29-24(31)21-17(3)28(20-8-6-5-7-9-20)27-22(21)16(2)26-29/h5-13,18H,14H2,1-4H3,(H,25,30)/t18-/m1/s1. The third-order valence-electron chi connectivity index (χ3n) is 5.47. The Balaban J connectivity index is 1.66. The van der Waals surface area contributed by atoms with E-state index in [9.17, 15) is 9.59 Å². The van der Waals surface area contributed by atoms with Crippen LogP contribution in [0.2, 0.25) is 0 Å². The van der Waals surface area contributed by atoms with E-state index in [1.807, 2.05) is 68.4 Å². The van der Waals surface area contributed by atoms with Gasteiger partial charge in [-0.3, -0.25) is 9.59 Å². The van der Waals surface area contributed by atoms with Crippen LogP contribution in [-0.2, 0) is 11.3 Å². The Labute approximate surface area is 180 Å². The van der Waals surface area contributed by atoms with Gasteiger partial charge in [-0.25, -0.2) is 9.36 Å². The molecule has 0 fully saturated rings. The molecule has 4 rings (SSSR count). The van der Waals surface area contributed by atoms with Crippen molar-refractivity contribution in [3.8, 4) is 5.69 Å². The summed E-state index contributed by atoms with van der Waals surface area (Å²) in [6, 6.07) is 16.8. The van der Waals surface area contributed by atoms with Crippen molar-refractivity contribution >= 4 is 16.8 Å². The first kappa shape index (κ1) is 20.5. The van der Waals surface area contributed by atoms with Gasteiger partial charge in [0.1, 0.15) is 11.6 Å². The van der Waals surface area contributed by atoms with Gasteiger partial charge in [-0.1, -0.05) is 48.0 Å². The molecule has 1 amide bonds. The van der Waals surface area contributed by atoms with Crippen molar-refractivity contribution in [2.45, 2.75) is 40.3 Å². The molecule has 31 heavy (non-hydrogen) atoms. The maximum Gasteiger partial charge on any atom is 0.278 e. The molecule has 1 atom stereocenters. The van der Waals surface area contributed by atoms with Crippen molar-refractivity contribution in [3.05, 3.63) is 87.5 Å². The number of nitrogens with one attached hydrogen (secondary N) is 1. The van der Waals surface area contributed by atoms with Crippen LogP contribution in [0.25, 0.3) is 16.6 Å².